The number of rotatable bonds is 9. The van der Waals surface area contributed by atoms with Gasteiger partial charge in [-0.2, -0.15) is 0 Å². The molecular weight excluding hydrogens is 378 g/mol. The Morgan fingerprint density at radius 3 is 2.56 bits per heavy atom. The quantitative estimate of drug-likeness (QED) is 0.439. The Balaban J connectivity index is 1.46. The monoisotopic (exact) mass is 401 g/mol. The lowest BCUT2D eigenvalue weighted by Gasteiger charge is -2.09. The SMILES string of the molecule is Cc1ccc(S(=O)(=O)NCCCSc2nccn2Cc2ccccc2)cc1. The van der Waals surface area contributed by atoms with Crippen molar-refractivity contribution in [3.63, 3.8) is 0 Å². The van der Waals surface area contributed by atoms with Crippen LogP contribution in [0.2, 0.25) is 0 Å². The van der Waals surface area contributed by atoms with Gasteiger partial charge in [-0.05, 0) is 31.0 Å². The lowest BCUT2D eigenvalue weighted by atomic mass is 10.2. The average molecular weight is 402 g/mol. The van der Waals surface area contributed by atoms with Gasteiger partial charge in [-0.3, -0.25) is 0 Å². The van der Waals surface area contributed by atoms with Gasteiger partial charge in [-0.15, -0.1) is 0 Å². The second-order valence-corrected chi connectivity index (χ2v) is 9.07. The highest BCUT2D eigenvalue weighted by Crippen LogP contribution is 2.18. The zero-order valence-electron chi connectivity index (χ0n) is 15.2. The van der Waals surface area contributed by atoms with Gasteiger partial charge >= 0.3 is 0 Å². The molecule has 0 fully saturated rings. The maximum absolute atomic E-state index is 12.3. The fraction of sp³-hybridized carbons (Fsp3) is 0.250. The number of thioether (sulfide) groups is 1. The zero-order chi connectivity index (χ0) is 19.1. The summed E-state index contributed by atoms with van der Waals surface area (Å²) >= 11 is 1.64. The van der Waals surface area contributed by atoms with Crippen LogP contribution in [-0.2, 0) is 16.6 Å². The highest BCUT2D eigenvalue weighted by molar-refractivity contribution is 7.99. The van der Waals surface area contributed by atoms with Gasteiger partial charge < -0.3 is 4.57 Å². The molecule has 0 aliphatic heterocycles. The Morgan fingerprint density at radius 1 is 1.07 bits per heavy atom. The third-order valence-corrected chi connectivity index (χ3v) is 6.62. The normalized spacial score (nSPS) is 11.6. The Labute approximate surface area is 164 Å². The van der Waals surface area contributed by atoms with Crippen LogP contribution in [0.5, 0.6) is 0 Å². The Hall–Kier alpha value is -2.09. The minimum Gasteiger partial charge on any atom is -0.322 e. The molecule has 1 aromatic heterocycles. The van der Waals surface area contributed by atoms with Crippen LogP contribution in [0, 0.1) is 6.92 Å². The standard InChI is InChI=1S/C20H23N3O2S2/c1-17-8-10-19(11-9-17)27(24,25)22-12-5-15-26-20-21-13-14-23(20)16-18-6-3-2-4-7-18/h2-4,6-11,13-14,22H,5,12,15-16H2,1H3. The highest BCUT2D eigenvalue weighted by Gasteiger charge is 2.12. The molecule has 2 aromatic carbocycles. The summed E-state index contributed by atoms with van der Waals surface area (Å²) in [6, 6.07) is 17.1. The number of sulfonamides is 1. The van der Waals surface area contributed by atoms with Crippen molar-refractivity contribution in [2.75, 3.05) is 12.3 Å². The van der Waals surface area contributed by atoms with Crippen molar-refractivity contribution >= 4 is 21.8 Å². The highest BCUT2D eigenvalue weighted by atomic mass is 32.2. The van der Waals surface area contributed by atoms with Gasteiger partial charge in [-0.1, -0.05) is 59.8 Å². The van der Waals surface area contributed by atoms with Crippen LogP contribution in [0.3, 0.4) is 0 Å². The van der Waals surface area contributed by atoms with E-state index < -0.39 is 10.0 Å². The summed E-state index contributed by atoms with van der Waals surface area (Å²) in [5.74, 6) is 0.794. The van der Waals surface area contributed by atoms with Crippen molar-refractivity contribution in [3.8, 4) is 0 Å². The lowest BCUT2D eigenvalue weighted by molar-refractivity contribution is 0.581. The molecule has 0 aliphatic rings. The number of aromatic nitrogens is 2. The van der Waals surface area contributed by atoms with Crippen molar-refractivity contribution in [1.82, 2.24) is 14.3 Å². The van der Waals surface area contributed by atoms with Crippen molar-refractivity contribution < 1.29 is 8.42 Å². The second-order valence-electron chi connectivity index (χ2n) is 6.24. The zero-order valence-corrected chi connectivity index (χ0v) is 16.8. The second kappa shape index (κ2) is 9.21. The van der Waals surface area contributed by atoms with Gasteiger partial charge in [0, 0.05) is 31.2 Å². The predicted octanol–water partition coefficient (Wildman–Crippen LogP) is 3.70. The van der Waals surface area contributed by atoms with Crippen LogP contribution < -0.4 is 4.72 Å². The first-order valence-electron chi connectivity index (χ1n) is 8.79. The smallest absolute Gasteiger partial charge is 0.240 e. The van der Waals surface area contributed by atoms with Crippen LogP contribution in [0.1, 0.15) is 17.5 Å². The first-order chi connectivity index (χ1) is 13.0. The summed E-state index contributed by atoms with van der Waals surface area (Å²) in [7, 11) is -3.44. The molecule has 1 N–H and O–H groups in total. The molecule has 0 radical (unpaired) electrons. The van der Waals surface area contributed by atoms with Crippen molar-refractivity contribution in [2.24, 2.45) is 0 Å². The number of nitrogens with one attached hydrogen (secondary N) is 1. The number of nitrogens with zero attached hydrogens (tertiary/aromatic N) is 2. The Bertz CT molecular complexity index is 952. The molecule has 1 heterocycles. The van der Waals surface area contributed by atoms with E-state index in [1.807, 2.05) is 31.3 Å². The summed E-state index contributed by atoms with van der Waals surface area (Å²) in [6.45, 7) is 3.12. The summed E-state index contributed by atoms with van der Waals surface area (Å²) < 4.78 is 29.3. The minimum absolute atomic E-state index is 0.305. The van der Waals surface area contributed by atoms with E-state index >= 15 is 0 Å². The van der Waals surface area contributed by atoms with Gasteiger partial charge in [0.2, 0.25) is 10.0 Å². The van der Waals surface area contributed by atoms with E-state index in [0.717, 1.165) is 29.4 Å². The topological polar surface area (TPSA) is 64.0 Å². The Morgan fingerprint density at radius 2 is 1.81 bits per heavy atom. The summed E-state index contributed by atoms with van der Waals surface area (Å²) in [6.07, 6.45) is 4.49. The van der Waals surface area contributed by atoms with E-state index in [1.165, 1.54) is 5.56 Å². The number of hydrogen-bond donors (Lipinski definition) is 1. The molecule has 0 saturated carbocycles. The summed E-state index contributed by atoms with van der Waals surface area (Å²) in [5.41, 5.74) is 2.26. The molecule has 0 spiro atoms. The molecule has 0 unspecified atom stereocenters. The van der Waals surface area contributed by atoms with Crippen LogP contribution in [0.15, 0.2) is 77.0 Å². The van der Waals surface area contributed by atoms with Crippen LogP contribution >= 0.6 is 11.8 Å². The summed E-state index contributed by atoms with van der Waals surface area (Å²) in [5, 5.41) is 0.945. The van der Waals surface area contributed by atoms with E-state index in [1.54, 1.807) is 42.2 Å². The molecule has 0 aliphatic carbocycles. The van der Waals surface area contributed by atoms with E-state index in [0.29, 0.717) is 11.4 Å². The Kier molecular flexibility index (Phi) is 6.71. The molecule has 142 valence electrons. The molecule has 3 aromatic rings. The van der Waals surface area contributed by atoms with Crippen molar-refractivity contribution in [3.05, 3.63) is 78.1 Å². The molecule has 0 bridgehead atoms. The predicted molar refractivity (Wildman–Crippen MR) is 109 cm³/mol. The molecule has 7 heteroatoms. The maximum Gasteiger partial charge on any atom is 0.240 e. The van der Waals surface area contributed by atoms with Gasteiger partial charge in [-0.25, -0.2) is 18.1 Å². The average Bonchev–Trinajstić information content (AvgIpc) is 3.09. The fourth-order valence-corrected chi connectivity index (χ4v) is 4.55. The molecule has 0 saturated heterocycles. The molecule has 0 atom stereocenters. The van der Waals surface area contributed by atoms with Crippen LogP contribution in [0.25, 0.3) is 0 Å². The summed E-state index contributed by atoms with van der Waals surface area (Å²) in [4.78, 5) is 4.71. The van der Waals surface area contributed by atoms with Crippen LogP contribution in [0.4, 0.5) is 0 Å². The first-order valence-corrected chi connectivity index (χ1v) is 11.3. The van der Waals surface area contributed by atoms with E-state index in [-0.39, 0.29) is 0 Å². The first kappa shape index (κ1) is 19.7. The molecular formula is C20H23N3O2S2. The number of imidazole rings is 1. The fourth-order valence-electron chi connectivity index (χ4n) is 2.58. The largest absolute Gasteiger partial charge is 0.322 e. The van der Waals surface area contributed by atoms with Gasteiger partial charge in [0.05, 0.1) is 4.90 Å². The van der Waals surface area contributed by atoms with Gasteiger partial charge in [0.15, 0.2) is 5.16 Å². The minimum atomic E-state index is -3.44. The van der Waals surface area contributed by atoms with Crippen LogP contribution in [-0.4, -0.2) is 30.3 Å². The number of benzene rings is 2. The van der Waals surface area contributed by atoms with Gasteiger partial charge in [0.1, 0.15) is 0 Å². The van der Waals surface area contributed by atoms with E-state index in [4.69, 9.17) is 0 Å². The van der Waals surface area contributed by atoms with Gasteiger partial charge in [0.25, 0.3) is 0 Å². The maximum atomic E-state index is 12.3. The van der Waals surface area contributed by atoms with E-state index in [2.05, 4.69) is 26.4 Å². The third-order valence-electron chi connectivity index (χ3n) is 4.05. The molecule has 27 heavy (non-hydrogen) atoms. The molecule has 0 amide bonds. The number of aryl methyl sites for hydroxylation is 1. The molecule has 5 nitrogen and oxygen atoms in total. The van der Waals surface area contributed by atoms with E-state index in [9.17, 15) is 8.42 Å². The molecule has 3 rings (SSSR count). The van der Waals surface area contributed by atoms with Crippen molar-refractivity contribution in [2.45, 2.75) is 29.9 Å². The number of hydrogen-bond acceptors (Lipinski definition) is 4. The lowest BCUT2D eigenvalue weighted by Crippen LogP contribution is -2.25. The third kappa shape index (κ3) is 5.69. The van der Waals surface area contributed by atoms with Crippen molar-refractivity contribution in [1.29, 1.82) is 0 Å².